The van der Waals surface area contributed by atoms with E-state index < -0.39 is 48.4 Å². The lowest BCUT2D eigenvalue weighted by Crippen LogP contribution is -2.56. The molecular weight excluding hydrogens is 486 g/mol. The van der Waals surface area contributed by atoms with Gasteiger partial charge in [0.05, 0.1) is 12.6 Å². The molecule has 0 aliphatic rings. The van der Waals surface area contributed by atoms with Crippen molar-refractivity contribution in [2.75, 3.05) is 6.54 Å². The Kier molecular flexibility index (Phi) is 10.0. The Morgan fingerprint density at radius 2 is 1.63 bits per heavy atom. The van der Waals surface area contributed by atoms with Crippen molar-refractivity contribution in [3.63, 3.8) is 0 Å². The van der Waals surface area contributed by atoms with Crippen molar-refractivity contribution in [2.45, 2.75) is 51.2 Å². The quantitative estimate of drug-likeness (QED) is 0.199. The number of benzene rings is 2. The monoisotopic (exact) mass is 521 g/mol. The van der Waals surface area contributed by atoms with E-state index in [0.29, 0.717) is 12.8 Å². The summed E-state index contributed by atoms with van der Waals surface area (Å²) in [6.07, 6.45) is 2.71. The summed E-state index contributed by atoms with van der Waals surface area (Å²) in [5, 5.41) is 18.2. The van der Waals surface area contributed by atoms with Crippen molar-refractivity contribution in [1.82, 2.24) is 20.9 Å². The van der Waals surface area contributed by atoms with Gasteiger partial charge in [0, 0.05) is 23.5 Å². The average molecular weight is 522 g/mol. The van der Waals surface area contributed by atoms with E-state index in [9.17, 15) is 24.3 Å². The second-order valence-electron chi connectivity index (χ2n) is 9.41. The number of hydrogen-bond acceptors (Lipinski definition) is 5. The van der Waals surface area contributed by atoms with Crippen LogP contribution in [-0.2, 0) is 32.0 Å². The van der Waals surface area contributed by atoms with Gasteiger partial charge in [0.25, 0.3) is 0 Å². The van der Waals surface area contributed by atoms with Crippen LogP contribution in [0.4, 0.5) is 0 Å². The molecule has 4 atom stereocenters. The number of aliphatic carboxylic acids is 1. The molecule has 10 nitrogen and oxygen atoms in total. The van der Waals surface area contributed by atoms with Gasteiger partial charge in [-0.1, -0.05) is 68.8 Å². The zero-order valence-corrected chi connectivity index (χ0v) is 21.6. The number of nitrogens with one attached hydrogen (secondary N) is 4. The number of aromatic amines is 1. The summed E-state index contributed by atoms with van der Waals surface area (Å²) in [6.45, 7) is 3.26. The molecule has 7 N–H and O–H groups in total. The molecule has 0 radical (unpaired) electrons. The molecule has 2 aromatic carbocycles. The second kappa shape index (κ2) is 13.4. The van der Waals surface area contributed by atoms with Crippen LogP contribution in [0.3, 0.4) is 0 Å². The van der Waals surface area contributed by atoms with Gasteiger partial charge in [-0.05, 0) is 29.5 Å². The normalized spacial score (nSPS) is 14.2. The zero-order valence-electron chi connectivity index (χ0n) is 21.6. The Morgan fingerprint density at radius 3 is 2.32 bits per heavy atom. The zero-order chi connectivity index (χ0) is 27.7. The number of carboxylic acid groups (broad SMARTS) is 1. The van der Waals surface area contributed by atoms with Crippen LogP contribution in [0.2, 0.25) is 0 Å². The van der Waals surface area contributed by atoms with Gasteiger partial charge in [-0.3, -0.25) is 14.4 Å². The maximum absolute atomic E-state index is 12.9. The van der Waals surface area contributed by atoms with Gasteiger partial charge in [0.2, 0.25) is 17.7 Å². The van der Waals surface area contributed by atoms with Gasteiger partial charge in [-0.25, -0.2) is 4.79 Å². The van der Waals surface area contributed by atoms with E-state index in [0.717, 1.165) is 22.0 Å². The minimum Gasteiger partial charge on any atom is -0.480 e. The number of carbonyl (C=O) groups is 4. The maximum Gasteiger partial charge on any atom is 0.326 e. The smallest absolute Gasteiger partial charge is 0.326 e. The lowest BCUT2D eigenvalue weighted by Gasteiger charge is -2.25. The van der Waals surface area contributed by atoms with Crippen LogP contribution >= 0.6 is 0 Å². The second-order valence-corrected chi connectivity index (χ2v) is 9.41. The number of carboxylic acids is 1. The molecule has 38 heavy (non-hydrogen) atoms. The summed E-state index contributed by atoms with van der Waals surface area (Å²) in [5.41, 5.74) is 8.59. The highest BCUT2D eigenvalue weighted by molar-refractivity contribution is 5.93. The van der Waals surface area contributed by atoms with Crippen molar-refractivity contribution in [1.29, 1.82) is 0 Å². The third-order valence-corrected chi connectivity index (χ3v) is 6.58. The predicted octanol–water partition coefficient (Wildman–Crippen LogP) is 1.50. The van der Waals surface area contributed by atoms with Crippen LogP contribution in [0, 0.1) is 5.92 Å². The summed E-state index contributed by atoms with van der Waals surface area (Å²) < 4.78 is 0. The van der Waals surface area contributed by atoms with Gasteiger partial charge in [0.1, 0.15) is 12.1 Å². The molecule has 0 aliphatic heterocycles. The van der Waals surface area contributed by atoms with Crippen LogP contribution in [0.25, 0.3) is 10.9 Å². The number of nitrogens with two attached hydrogens (primary N) is 1. The van der Waals surface area contributed by atoms with E-state index in [1.54, 1.807) is 6.20 Å². The molecular formula is C28H35N5O5. The van der Waals surface area contributed by atoms with Crippen molar-refractivity contribution >= 4 is 34.6 Å². The van der Waals surface area contributed by atoms with Crippen LogP contribution in [-0.4, -0.2) is 58.5 Å². The van der Waals surface area contributed by atoms with Gasteiger partial charge >= 0.3 is 5.97 Å². The highest BCUT2D eigenvalue weighted by atomic mass is 16.4. The molecule has 202 valence electrons. The van der Waals surface area contributed by atoms with Crippen LogP contribution < -0.4 is 21.7 Å². The van der Waals surface area contributed by atoms with Crippen molar-refractivity contribution in [2.24, 2.45) is 11.7 Å². The van der Waals surface area contributed by atoms with E-state index in [2.05, 4.69) is 20.9 Å². The number of para-hydroxylation sites is 1. The number of aromatic nitrogens is 1. The third-order valence-electron chi connectivity index (χ3n) is 6.58. The standard InChI is InChI=1S/C28H35N5O5/c1-3-17(2)25(33-26(35)21(29)13-18-9-5-4-6-10-18)27(36)31-16-24(34)32-23(28(37)38)14-19-15-30-22-12-8-7-11-20(19)22/h4-12,15,17,21,23,25,30H,3,13-14,16,29H2,1-2H3,(H,31,36)(H,32,34)(H,33,35)(H,37,38). The Hall–Kier alpha value is -4.18. The molecule has 1 heterocycles. The van der Waals surface area contributed by atoms with Crippen molar-refractivity contribution < 1.29 is 24.3 Å². The van der Waals surface area contributed by atoms with Crippen LogP contribution in [0.5, 0.6) is 0 Å². The molecule has 0 fully saturated rings. The molecule has 3 amide bonds. The Balaban J connectivity index is 1.56. The Bertz CT molecular complexity index is 1260. The first-order valence-corrected chi connectivity index (χ1v) is 12.6. The summed E-state index contributed by atoms with van der Waals surface area (Å²) >= 11 is 0. The molecule has 0 aliphatic carbocycles. The van der Waals surface area contributed by atoms with Gasteiger partial charge in [-0.2, -0.15) is 0 Å². The Morgan fingerprint density at radius 1 is 0.947 bits per heavy atom. The number of hydrogen-bond donors (Lipinski definition) is 6. The summed E-state index contributed by atoms with van der Waals surface area (Å²) in [6, 6.07) is 13.9. The predicted molar refractivity (Wildman–Crippen MR) is 144 cm³/mol. The summed E-state index contributed by atoms with van der Waals surface area (Å²) in [5.74, 6) is -3.08. The molecule has 0 saturated carbocycles. The van der Waals surface area contributed by atoms with E-state index in [-0.39, 0.29) is 12.3 Å². The maximum atomic E-state index is 12.9. The number of rotatable bonds is 13. The average Bonchev–Trinajstić information content (AvgIpc) is 3.32. The van der Waals surface area contributed by atoms with Crippen molar-refractivity contribution in [3.8, 4) is 0 Å². The number of fused-ring (bicyclic) bond motifs is 1. The highest BCUT2D eigenvalue weighted by Gasteiger charge is 2.29. The molecule has 1 aromatic heterocycles. The summed E-state index contributed by atoms with van der Waals surface area (Å²) in [4.78, 5) is 53.1. The SMILES string of the molecule is CCC(C)C(NC(=O)C(N)Cc1ccccc1)C(=O)NCC(=O)NC(Cc1c[nH]c2ccccc12)C(=O)O. The minimum absolute atomic E-state index is 0.0733. The van der Waals surface area contributed by atoms with E-state index >= 15 is 0 Å². The molecule has 0 spiro atoms. The highest BCUT2D eigenvalue weighted by Crippen LogP contribution is 2.19. The minimum atomic E-state index is -1.19. The van der Waals surface area contributed by atoms with Gasteiger partial charge in [0.15, 0.2) is 0 Å². The summed E-state index contributed by atoms with van der Waals surface area (Å²) in [7, 11) is 0. The third kappa shape index (κ3) is 7.66. The fourth-order valence-electron chi connectivity index (χ4n) is 4.17. The van der Waals surface area contributed by atoms with E-state index in [1.165, 1.54) is 0 Å². The molecule has 10 heteroatoms. The number of carbonyl (C=O) groups excluding carboxylic acids is 3. The first-order chi connectivity index (χ1) is 18.2. The van der Waals surface area contributed by atoms with Crippen LogP contribution in [0.15, 0.2) is 60.8 Å². The fourth-order valence-corrected chi connectivity index (χ4v) is 4.17. The number of amides is 3. The first kappa shape index (κ1) is 28.4. The van der Waals surface area contributed by atoms with Crippen LogP contribution in [0.1, 0.15) is 31.4 Å². The van der Waals surface area contributed by atoms with E-state index in [1.807, 2.05) is 68.4 Å². The topological polar surface area (TPSA) is 166 Å². The molecule has 4 unspecified atom stereocenters. The van der Waals surface area contributed by atoms with Crippen molar-refractivity contribution in [3.05, 3.63) is 71.9 Å². The molecule has 0 bridgehead atoms. The lowest BCUT2D eigenvalue weighted by molar-refractivity contribution is -0.141. The number of H-pyrrole nitrogens is 1. The molecule has 3 rings (SSSR count). The van der Waals surface area contributed by atoms with Gasteiger partial charge < -0.3 is 31.8 Å². The first-order valence-electron chi connectivity index (χ1n) is 12.6. The van der Waals surface area contributed by atoms with E-state index in [4.69, 9.17) is 5.73 Å². The fraction of sp³-hybridized carbons (Fsp3) is 0.357. The molecule has 0 saturated heterocycles. The Labute approximate surface area is 221 Å². The largest absolute Gasteiger partial charge is 0.480 e. The van der Waals surface area contributed by atoms with Gasteiger partial charge in [-0.15, -0.1) is 0 Å². The molecule has 3 aromatic rings. The lowest BCUT2D eigenvalue weighted by atomic mass is 9.97.